The molecular formula is C16H26O4. The van der Waals surface area contributed by atoms with E-state index in [0.717, 1.165) is 38.5 Å². The molecule has 0 aliphatic rings. The minimum atomic E-state index is -0.208. The van der Waals surface area contributed by atoms with Gasteiger partial charge in [-0.2, -0.15) is 0 Å². The molecule has 114 valence electrons. The quantitative estimate of drug-likeness (QED) is 0.323. The van der Waals surface area contributed by atoms with Crippen molar-refractivity contribution in [3.05, 3.63) is 24.7 Å². The number of carbonyl (C=O) groups excluding carboxylic acids is 2. The Labute approximate surface area is 121 Å². The van der Waals surface area contributed by atoms with Crippen LogP contribution in [-0.2, 0) is 19.1 Å². The molecule has 0 radical (unpaired) electrons. The summed E-state index contributed by atoms with van der Waals surface area (Å²) in [5.41, 5.74) is 0. The second kappa shape index (κ2) is 11.3. The van der Waals surface area contributed by atoms with Gasteiger partial charge in [0.05, 0.1) is 11.5 Å². The number of hydrogen-bond acceptors (Lipinski definition) is 4. The number of rotatable bonds is 11. The lowest BCUT2D eigenvalue weighted by molar-refractivity contribution is -0.140. The van der Waals surface area contributed by atoms with Gasteiger partial charge in [0, 0.05) is 12.8 Å². The molecule has 0 aliphatic carbocycles. The molecular weight excluding hydrogens is 256 g/mol. The van der Waals surface area contributed by atoms with E-state index in [0.29, 0.717) is 24.4 Å². The molecule has 0 atom stereocenters. The molecule has 0 N–H and O–H groups in total. The molecule has 0 aromatic carbocycles. The Morgan fingerprint density at radius 1 is 0.700 bits per heavy atom. The normalized spacial score (nSPS) is 9.90. The molecule has 0 spiro atoms. The summed E-state index contributed by atoms with van der Waals surface area (Å²) in [7, 11) is 0. The summed E-state index contributed by atoms with van der Waals surface area (Å²) in [6, 6.07) is 0. The van der Waals surface area contributed by atoms with Crippen molar-refractivity contribution in [1.82, 2.24) is 0 Å². The highest BCUT2D eigenvalue weighted by Gasteiger charge is 2.04. The Hall–Kier alpha value is -1.58. The molecule has 0 bridgehead atoms. The van der Waals surface area contributed by atoms with E-state index in [9.17, 15) is 9.59 Å². The van der Waals surface area contributed by atoms with Crippen LogP contribution in [0.1, 0.15) is 65.2 Å². The van der Waals surface area contributed by atoms with Crippen LogP contribution in [0.4, 0.5) is 0 Å². The minimum absolute atomic E-state index is 0.208. The molecule has 0 aliphatic heterocycles. The van der Waals surface area contributed by atoms with E-state index in [1.807, 2.05) is 0 Å². The molecule has 0 amide bonds. The smallest absolute Gasteiger partial charge is 0.310 e. The van der Waals surface area contributed by atoms with Crippen LogP contribution in [0.15, 0.2) is 24.7 Å². The van der Waals surface area contributed by atoms with Gasteiger partial charge in [-0.15, -0.1) is 0 Å². The predicted octanol–water partition coefficient (Wildman–Crippen LogP) is 4.26. The van der Waals surface area contributed by atoms with Crippen LogP contribution < -0.4 is 0 Å². The van der Waals surface area contributed by atoms with Crippen LogP contribution in [-0.4, -0.2) is 11.9 Å². The van der Waals surface area contributed by atoms with Crippen molar-refractivity contribution in [2.45, 2.75) is 65.2 Å². The van der Waals surface area contributed by atoms with Crippen molar-refractivity contribution < 1.29 is 19.1 Å². The summed E-state index contributed by atoms with van der Waals surface area (Å²) in [5, 5.41) is 0. The molecule has 0 fully saturated rings. The lowest BCUT2D eigenvalue weighted by atomic mass is 10.1. The zero-order valence-corrected chi connectivity index (χ0v) is 12.7. The van der Waals surface area contributed by atoms with Crippen LogP contribution in [0.5, 0.6) is 0 Å². The van der Waals surface area contributed by atoms with Gasteiger partial charge in [-0.25, -0.2) is 0 Å². The number of unbranched alkanes of at least 4 members (excludes halogenated alkanes) is 5. The molecule has 0 saturated carbocycles. The SMILES string of the molecule is C=C(C)OC(=O)CCCCCCCCC(=O)OC(=C)C. The fraction of sp³-hybridized carbons (Fsp3) is 0.625. The zero-order valence-electron chi connectivity index (χ0n) is 12.7. The molecule has 0 aromatic heterocycles. The highest BCUT2D eigenvalue weighted by Crippen LogP contribution is 2.10. The summed E-state index contributed by atoms with van der Waals surface area (Å²) < 4.78 is 9.72. The number of esters is 2. The van der Waals surface area contributed by atoms with E-state index in [4.69, 9.17) is 9.47 Å². The topological polar surface area (TPSA) is 52.6 Å². The third-order valence-electron chi connectivity index (χ3n) is 2.59. The maximum Gasteiger partial charge on any atom is 0.310 e. The van der Waals surface area contributed by atoms with E-state index >= 15 is 0 Å². The van der Waals surface area contributed by atoms with Crippen LogP contribution in [0, 0.1) is 0 Å². The summed E-state index contributed by atoms with van der Waals surface area (Å²) in [4.78, 5) is 22.4. The third-order valence-corrected chi connectivity index (χ3v) is 2.59. The van der Waals surface area contributed by atoms with Gasteiger partial charge in [-0.05, 0) is 26.7 Å². The first-order valence-electron chi connectivity index (χ1n) is 7.14. The number of ether oxygens (including phenoxy) is 2. The van der Waals surface area contributed by atoms with E-state index in [-0.39, 0.29) is 11.9 Å². The number of hydrogen-bond donors (Lipinski definition) is 0. The van der Waals surface area contributed by atoms with Gasteiger partial charge in [0.15, 0.2) is 0 Å². The van der Waals surface area contributed by atoms with Gasteiger partial charge in [-0.1, -0.05) is 38.8 Å². The molecule has 4 heteroatoms. The van der Waals surface area contributed by atoms with Gasteiger partial charge < -0.3 is 9.47 Å². The zero-order chi connectivity index (χ0) is 15.4. The van der Waals surface area contributed by atoms with E-state index in [1.165, 1.54) is 0 Å². The van der Waals surface area contributed by atoms with Crippen LogP contribution in [0.2, 0.25) is 0 Å². The second-order valence-corrected chi connectivity index (χ2v) is 4.97. The summed E-state index contributed by atoms with van der Waals surface area (Å²) in [5.74, 6) is 0.466. The fourth-order valence-electron chi connectivity index (χ4n) is 1.74. The molecule has 20 heavy (non-hydrogen) atoms. The van der Waals surface area contributed by atoms with Gasteiger partial charge in [0.1, 0.15) is 0 Å². The monoisotopic (exact) mass is 282 g/mol. The molecule has 0 unspecified atom stereocenters. The minimum Gasteiger partial charge on any atom is -0.432 e. The standard InChI is InChI=1S/C16H26O4/c1-13(2)19-15(17)11-9-7-5-6-8-10-12-16(18)20-14(3)4/h1,3,5-12H2,2,4H3. The van der Waals surface area contributed by atoms with Crippen molar-refractivity contribution in [1.29, 1.82) is 0 Å². The summed E-state index contributed by atoms with van der Waals surface area (Å²) in [6.45, 7) is 10.4. The fourth-order valence-corrected chi connectivity index (χ4v) is 1.74. The lowest BCUT2D eigenvalue weighted by Gasteiger charge is -2.04. The maximum atomic E-state index is 11.2. The first kappa shape index (κ1) is 18.4. The first-order chi connectivity index (χ1) is 9.41. The molecule has 0 saturated heterocycles. The van der Waals surface area contributed by atoms with Crippen molar-refractivity contribution in [3.8, 4) is 0 Å². The van der Waals surface area contributed by atoms with Crippen molar-refractivity contribution in [3.63, 3.8) is 0 Å². The first-order valence-corrected chi connectivity index (χ1v) is 7.14. The highest BCUT2D eigenvalue weighted by molar-refractivity contribution is 5.70. The van der Waals surface area contributed by atoms with Gasteiger partial charge in [0.25, 0.3) is 0 Å². The second-order valence-electron chi connectivity index (χ2n) is 4.97. The van der Waals surface area contributed by atoms with E-state index in [1.54, 1.807) is 13.8 Å². The maximum absolute atomic E-state index is 11.2. The highest BCUT2D eigenvalue weighted by atomic mass is 16.5. The average Bonchev–Trinajstić information content (AvgIpc) is 2.30. The predicted molar refractivity (Wildman–Crippen MR) is 78.7 cm³/mol. The Morgan fingerprint density at radius 3 is 1.30 bits per heavy atom. The molecule has 0 heterocycles. The summed E-state index contributed by atoms with van der Waals surface area (Å²) in [6.07, 6.45) is 6.69. The Balaban J connectivity index is 3.33. The lowest BCUT2D eigenvalue weighted by Crippen LogP contribution is -2.02. The average molecular weight is 282 g/mol. The molecule has 0 rings (SSSR count). The van der Waals surface area contributed by atoms with Crippen molar-refractivity contribution in [2.75, 3.05) is 0 Å². The van der Waals surface area contributed by atoms with Crippen LogP contribution >= 0.6 is 0 Å². The molecule has 0 aromatic rings. The van der Waals surface area contributed by atoms with Crippen molar-refractivity contribution in [2.24, 2.45) is 0 Å². The third kappa shape index (κ3) is 12.9. The van der Waals surface area contributed by atoms with E-state index < -0.39 is 0 Å². The van der Waals surface area contributed by atoms with Crippen LogP contribution in [0.25, 0.3) is 0 Å². The Morgan fingerprint density at radius 2 is 1.00 bits per heavy atom. The summed E-state index contributed by atoms with van der Waals surface area (Å²) >= 11 is 0. The van der Waals surface area contributed by atoms with E-state index in [2.05, 4.69) is 13.2 Å². The van der Waals surface area contributed by atoms with Gasteiger partial charge in [-0.3, -0.25) is 9.59 Å². The Kier molecular flexibility index (Phi) is 10.4. The molecule has 4 nitrogen and oxygen atoms in total. The van der Waals surface area contributed by atoms with Crippen molar-refractivity contribution >= 4 is 11.9 Å². The van der Waals surface area contributed by atoms with Gasteiger partial charge >= 0.3 is 11.9 Å². The van der Waals surface area contributed by atoms with Gasteiger partial charge in [0.2, 0.25) is 0 Å². The number of carbonyl (C=O) groups is 2. The largest absolute Gasteiger partial charge is 0.432 e. The number of allylic oxidation sites excluding steroid dienone is 2. The van der Waals surface area contributed by atoms with Crippen LogP contribution in [0.3, 0.4) is 0 Å². The Bertz CT molecular complexity index is 310.